The van der Waals surface area contributed by atoms with Crippen molar-refractivity contribution in [2.75, 3.05) is 40.0 Å². The number of hydrogen-bond acceptors (Lipinski definition) is 4. The normalized spacial score (nSPS) is 21.9. The molecule has 2 atom stereocenters. The molecule has 0 unspecified atom stereocenters. The van der Waals surface area contributed by atoms with Crippen LogP contribution in [0.3, 0.4) is 0 Å². The second kappa shape index (κ2) is 7.18. The Morgan fingerprint density at radius 1 is 1.45 bits per heavy atom. The summed E-state index contributed by atoms with van der Waals surface area (Å²) in [4.78, 5) is 2.25. The Labute approximate surface area is 121 Å². The van der Waals surface area contributed by atoms with E-state index in [2.05, 4.69) is 36.9 Å². The zero-order valence-corrected chi connectivity index (χ0v) is 12.6. The van der Waals surface area contributed by atoms with Crippen molar-refractivity contribution in [3.05, 3.63) is 34.9 Å². The summed E-state index contributed by atoms with van der Waals surface area (Å²) >= 11 is 0. The van der Waals surface area contributed by atoms with Gasteiger partial charge < -0.3 is 14.6 Å². The summed E-state index contributed by atoms with van der Waals surface area (Å²) in [5.41, 5.74) is 3.80. The number of aliphatic hydroxyl groups excluding tert-OH is 1. The zero-order chi connectivity index (χ0) is 14.5. The standard InChI is InChI=1S/C16H25NO3/c1-12-4-5-15(13(2)8-12)16-10-17(6-7-20-16)9-14(18)11-19-3/h4-5,8,14,16,18H,6-7,9-11H2,1-3H3/t14-,16+/m0/s1. The second-order valence-electron chi connectivity index (χ2n) is 5.59. The molecule has 0 bridgehead atoms. The second-order valence-corrected chi connectivity index (χ2v) is 5.59. The number of β-amino-alcohol motifs (C(OH)–C–C–N with tert-alkyl or cyclic N) is 1. The van der Waals surface area contributed by atoms with Gasteiger partial charge in [-0.2, -0.15) is 0 Å². The molecule has 4 heteroatoms. The highest BCUT2D eigenvalue weighted by atomic mass is 16.5. The Morgan fingerprint density at radius 3 is 2.95 bits per heavy atom. The number of aryl methyl sites for hydroxylation is 2. The van der Waals surface area contributed by atoms with E-state index < -0.39 is 6.10 Å². The molecule has 0 radical (unpaired) electrons. The van der Waals surface area contributed by atoms with Gasteiger partial charge in [-0.25, -0.2) is 0 Å². The van der Waals surface area contributed by atoms with Crippen molar-refractivity contribution in [1.29, 1.82) is 0 Å². The molecule has 1 aliphatic rings. The van der Waals surface area contributed by atoms with Gasteiger partial charge in [0.2, 0.25) is 0 Å². The Kier molecular flexibility index (Phi) is 5.54. The van der Waals surface area contributed by atoms with Gasteiger partial charge in [-0.1, -0.05) is 23.8 Å². The number of hydrogen-bond donors (Lipinski definition) is 1. The van der Waals surface area contributed by atoms with E-state index in [0.717, 1.165) is 13.1 Å². The van der Waals surface area contributed by atoms with E-state index in [9.17, 15) is 5.11 Å². The highest BCUT2D eigenvalue weighted by molar-refractivity contribution is 5.32. The predicted molar refractivity (Wildman–Crippen MR) is 78.9 cm³/mol. The maximum absolute atomic E-state index is 9.84. The van der Waals surface area contributed by atoms with Gasteiger partial charge in [0.1, 0.15) is 0 Å². The van der Waals surface area contributed by atoms with Gasteiger partial charge in [0.15, 0.2) is 0 Å². The van der Waals surface area contributed by atoms with Crippen molar-refractivity contribution in [3.8, 4) is 0 Å². The first kappa shape index (κ1) is 15.4. The number of morpholine rings is 1. The first-order chi connectivity index (χ1) is 9.60. The third-order valence-corrected chi connectivity index (χ3v) is 3.75. The number of aliphatic hydroxyl groups is 1. The first-order valence-electron chi connectivity index (χ1n) is 7.18. The molecule has 0 aliphatic carbocycles. The Morgan fingerprint density at radius 2 is 2.25 bits per heavy atom. The Bertz CT molecular complexity index is 436. The average molecular weight is 279 g/mol. The fourth-order valence-corrected chi connectivity index (χ4v) is 2.79. The van der Waals surface area contributed by atoms with Crippen molar-refractivity contribution in [3.63, 3.8) is 0 Å². The number of rotatable bonds is 5. The molecular formula is C16H25NO3. The molecule has 1 N–H and O–H groups in total. The van der Waals surface area contributed by atoms with Crippen molar-refractivity contribution >= 4 is 0 Å². The molecule has 1 saturated heterocycles. The maximum atomic E-state index is 9.84. The van der Waals surface area contributed by atoms with Crippen LogP contribution in [0.1, 0.15) is 22.8 Å². The monoisotopic (exact) mass is 279 g/mol. The van der Waals surface area contributed by atoms with Crippen LogP contribution in [0.25, 0.3) is 0 Å². The van der Waals surface area contributed by atoms with Gasteiger partial charge in [-0.15, -0.1) is 0 Å². The Hall–Kier alpha value is -0.940. The number of ether oxygens (including phenoxy) is 2. The molecule has 1 heterocycles. The number of benzene rings is 1. The average Bonchev–Trinajstić information content (AvgIpc) is 2.39. The lowest BCUT2D eigenvalue weighted by Gasteiger charge is -2.34. The molecule has 1 fully saturated rings. The minimum atomic E-state index is -0.433. The topological polar surface area (TPSA) is 41.9 Å². The van der Waals surface area contributed by atoms with Gasteiger partial charge in [-0.3, -0.25) is 4.90 Å². The molecule has 1 aromatic rings. The summed E-state index contributed by atoms with van der Waals surface area (Å²) in [5, 5.41) is 9.84. The molecule has 2 rings (SSSR count). The number of nitrogens with zero attached hydrogens (tertiary/aromatic N) is 1. The lowest BCUT2D eigenvalue weighted by atomic mass is 10.00. The zero-order valence-electron chi connectivity index (χ0n) is 12.6. The van der Waals surface area contributed by atoms with Gasteiger partial charge >= 0.3 is 0 Å². The highest BCUT2D eigenvalue weighted by Crippen LogP contribution is 2.25. The van der Waals surface area contributed by atoms with Crippen molar-refractivity contribution in [2.24, 2.45) is 0 Å². The quantitative estimate of drug-likeness (QED) is 0.890. The minimum absolute atomic E-state index is 0.0964. The van der Waals surface area contributed by atoms with E-state index in [1.54, 1.807) is 7.11 Å². The molecule has 4 nitrogen and oxygen atoms in total. The third kappa shape index (κ3) is 4.03. The molecular weight excluding hydrogens is 254 g/mol. The lowest BCUT2D eigenvalue weighted by Crippen LogP contribution is -2.43. The highest BCUT2D eigenvalue weighted by Gasteiger charge is 2.24. The molecule has 0 aromatic heterocycles. The van der Waals surface area contributed by atoms with Crippen LogP contribution in [-0.4, -0.2) is 56.1 Å². The smallest absolute Gasteiger partial charge is 0.0954 e. The predicted octanol–water partition coefficient (Wildman–Crippen LogP) is 1.68. The van der Waals surface area contributed by atoms with Crippen LogP contribution in [0.5, 0.6) is 0 Å². The van der Waals surface area contributed by atoms with Crippen molar-refractivity contribution in [2.45, 2.75) is 26.1 Å². The third-order valence-electron chi connectivity index (χ3n) is 3.75. The lowest BCUT2D eigenvalue weighted by molar-refractivity contribution is -0.0496. The van der Waals surface area contributed by atoms with Crippen LogP contribution < -0.4 is 0 Å². The van der Waals surface area contributed by atoms with E-state index in [1.807, 2.05) is 0 Å². The summed E-state index contributed by atoms with van der Waals surface area (Å²) in [5.74, 6) is 0. The van der Waals surface area contributed by atoms with Crippen LogP contribution in [0.2, 0.25) is 0 Å². The van der Waals surface area contributed by atoms with Crippen LogP contribution in [0.15, 0.2) is 18.2 Å². The Balaban J connectivity index is 1.99. The summed E-state index contributed by atoms with van der Waals surface area (Å²) in [7, 11) is 1.61. The number of methoxy groups -OCH3 is 1. The van der Waals surface area contributed by atoms with Crippen molar-refractivity contribution < 1.29 is 14.6 Å². The molecule has 1 aliphatic heterocycles. The summed E-state index contributed by atoms with van der Waals surface area (Å²) < 4.78 is 10.9. The van der Waals surface area contributed by atoms with E-state index in [1.165, 1.54) is 16.7 Å². The summed E-state index contributed by atoms with van der Waals surface area (Å²) in [6.45, 7) is 7.64. The van der Waals surface area contributed by atoms with E-state index in [4.69, 9.17) is 9.47 Å². The van der Waals surface area contributed by atoms with Crippen LogP contribution in [0, 0.1) is 13.8 Å². The fraction of sp³-hybridized carbons (Fsp3) is 0.625. The van der Waals surface area contributed by atoms with Crippen LogP contribution >= 0.6 is 0 Å². The summed E-state index contributed by atoms with van der Waals surface area (Å²) in [6, 6.07) is 6.48. The van der Waals surface area contributed by atoms with Crippen molar-refractivity contribution in [1.82, 2.24) is 4.90 Å². The fourth-order valence-electron chi connectivity index (χ4n) is 2.79. The van der Waals surface area contributed by atoms with Gasteiger partial charge in [0, 0.05) is 26.7 Å². The minimum Gasteiger partial charge on any atom is -0.389 e. The van der Waals surface area contributed by atoms with Crippen LogP contribution in [-0.2, 0) is 9.47 Å². The largest absolute Gasteiger partial charge is 0.389 e. The van der Waals surface area contributed by atoms with Gasteiger partial charge in [-0.05, 0) is 25.0 Å². The first-order valence-corrected chi connectivity index (χ1v) is 7.18. The molecule has 20 heavy (non-hydrogen) atoms. The molecule has 1 aromatic carbocycles. The van der Waals surface area contributed by atoms with Gasteiger partial charge in [0.25, 0.3) is 0 Å². The van der Waals surface area contributed by atoms with E-state index >= 15 is 0 Å². The molecule has 0 spiro atoms. The summed E-state index contributed by atoms with van der Waals surface area (Å²) in [6.07, 6.45) is -0.336. The van der Waals surface area contributed by atoms with E-state index in [-0.39, 0.29) is 6.10 Å². The maximum Gasteiger partial charge on any atom is 0.0954 e. The van der Waals surface area contributed by atoms with E-state index in [0.29, 0.717) is 19.8 Å². The molecule has 112 valence electrons. The van der Waals surface area contributed by atoms with Gasteiger partial charge in [0.05, 0.1) is 25.4 Å². The SMILES string of the molecule is COC[C@@H](O)CN1CCO[C@@H](c2ccc(C)cc2C)C1. The molecule has 0 amide bonds. The molecule has 0 saturated carbocycles. The van der Waals surface area contributed by atoms with Crippen LogP contribution in [0.4, 0.5) is 0 Å².